The van der Waals surface area contributed by atoms with Crippen LogP contribution >= 0.6 is 0 Å². The van der Waals surface area contributed by atoms with Crippen LogP contribution in [0, 0.1) is 0 Å². The van der Waals surface area contributed by atoms with Gasteiger partial charge in [-0.15, -0.1) is 0 Å². The summed E-state index contributed by atoms with van der Waals surface area (Å²) in [7, 11) is 0. The minimum Gasteiger partial charge on any atom is -0.480 e. The van der Waals surface area contributed by atoms with Crippen molar-refractivity contribution in [3.05, 3.63) is 131 Å². The van der Waals surface area contributed by atoms with Gasteiger partial charge in [0.25, 0.3) is 0 Å². The Morgan fingerprint density at radius 2 is 1.33 bits per heavy atom. The summed E-state index contributed by atoms with van der Waals surface area (Å²) in [6.07, 6.45) is -5.05. The van der Waals surface area contributed by atoms with Gasteiger partial charge in [0.15, 0.2) is 0 Å². The lowest BCUT2D eigenvalue weighted by atomic mass is 9.98. The third-order valence-corrected chi connectivity index (χ3v) is 8.29. The Hall–Kier alpha value is -5.65. The summed E-state index contributed by atoms with van der Waals surface area (Å²) in [5, 5.41) is 16.9. The van der Waals surface area contributed by atoms with Gasteiger partial charge in [-0.3, -0.25) is 9.59 Å². The van der Waals surface area contributed by atoms with Gasteiger partial charge in [-0.2, -0.15) is 13.2 Å². The fourth-order valence-electron chi connectivity index (χ4n) is 5.81. The molecule has 254 valence electrons. The largest absolute Gasteiger partial charge is 0.480 e. The van der Waals surface area contributed by atoms with Gasteiger partial charge in [0.1, 0.15) is 18.7 Å². The van der Waals surface area contributed by atoms with E-state index in [1.165, 1.54) is 0 Å². The van der Waals surface area contributed by atoms with E-state index in [9.17, 15) is 37.5 Å². The zero-order valence-electron chi connectivity index (χ0n) is 26.2. The number of carbonyl (C=O) groups is 4. The molecule has 49 heavy (non-hydrogen) atoms. The molecule has 0 saturated carbocycles. The maximum Gasteiger partial charge on any atom is 0.416 e. The molecule has 12 heteroatoms. The van der Waals surface area contributed by atoms with E-state index in [1.54, 1.807) is 0 Å². The molecule has 9 nitrogen and oxygen atoms in total. The molecule has 4 N–H and O–H groups in total. The number of rotatable bonds is 13. The van der Waals surface area contributed by atoms with E-state index in [-0.39, 0.29) is 30.9 Å². The fourth-order valence-corrected chi connectivity index (χ4v) is 5.81. The number of fused-ring (bicyclic) bond motifs is 3. The summed E-state index contributed by atoms with van der Waals surface area (Å²) in [5.74, 6) is -3.12. The number of aryl methyl sites for hydroxylation is 1. The lowest BCUT2D eigenvalue weighted by Gasteiger charge is -2.20. The number of carboxylic acids is 1. The number of nitrogens with one attached hydrogen (secondary N) is 3. The number of amides is 3. The van der Waals surface area contributed by atoms with E-state index in [0.717, 1.165) is 52.1 Å². The normalized spacial score (nSPS) is 13.4. The van der Waals surface area contributed by atoms with Gasteiger partial charge in [-0.25, -0.2) is 9.59 Å². The predicted octanol–water partition coefficient (Wildman–Crippen LogP) is 5.47. The highest BCUT2D eigenvalue weighted by Gasteiger charge is 2.31. The Labute approximate surface area is 280 Å². The molecule has 0 heterocycles. The molecular weight excluding hydrogens is 639 g/mol. The van der Waals surface area contributed by atoms with E-state index in [0.29, 0.717) is 6.42 Å². The number of carboxylic acid groups (broad SMARTS) is 1. The fraction of sp³-hybridized carbons (Fsp3) is 0.243. The van der Waals surface area contributed by atoms with Crippen molar-refractivity contribution in [2.45, 2.75) is 43.4 Å². The lowest BCUT2D eigenvalue weighted by molar-refractivity contribution is -0.141. The standard InChI is InChI=1S/C37H34F3N3O6/c38-37(39,40)25-17-14-24(15-18-25)20-32(35(46)47)42-33(44)21-41-34(45)31(19-16-23-8-2-1-3-9-23)43-36(48)49-22-30-28-12-6-4-10-26(28)27-11-5-7-13-29(27)30/h1-15,17-18,30-32H,16,19-22H2,(H,41,45)(H,42,44)(H,43,48)(H,46,47)/t31-,32-/m0/s1. The zero-order chi connectivity index (χ0) is 35.0. The summed E-state index contributed by atoms with van der Waals surface area (Å²) >= 11 is 0. The maximum absolute atomic E-state index is 13.2. The van der Waals surface area contributed by atoms with Crippen LogP contribution in [0.1, 0.15) is 40.2 Å². The van der Waals surface area contributed by atoms with E-state index in [4.69, 9.17) is 4.74 Å². The quantitative estimate of drug-likeness (QED) is 0.149. The van der Waals surface area contributed by atoms with Crippen LogP contribution in [0.2, 0.25) is 0 Å². The van der Waals surface area contributed by atoms with Gasteiger partial charge in [0, 0.05) is 12.3 Å². The lowest BCUT2D eigenvalue weighted by Crippen LogP contribution is -2.51. The summed E-state index contributed by atoms with van der Waals surface area (Å²) in [6, 6.07) is 26.4. The van der Waals surface area contributed by atoms with Gasteiger partial charge < -0.3 is 25.8 Å². The molecule has 0 radical (unpaired) electrons. The van der Waals surface area contributed by atoms with Crippen LogP contribution in [0.4, 0.5) is 18.0 Å². The summed E-state index contributed by atoms with van der Waals surface area (Å²) in [4.78, 5) is 50.7. The number of carbonyl (C=O) groups excluding carboxylic acids is 3. The van der Waals surface area contributed by atoms with Crippen molar-refractivity contribution < 1.29 is 42.2 Å². The highest BCUT2D eigenvalue weighted by Crippen LogP contribution is 2.44. The summed E-state index contributed by atoms with van der Waals surface area (Å²) in [5.41, 5.74) is 4.48. The number of benzene rings is 4. The molecule has 3 amide bonds. The highest BCUT2D eigenvalue weighted by atomic mass is 19.4. The third-order valence-electron chi connectivity index (χ3n) is 8.29. The van der Waals surface area contributed by atoms with Gasteiger partial charge in [-0.1, -0.05) is 91.0 Å². The predicted molar refractivity (Wildman–Crippen MR) is 174 cm³/mol. The minimum atomic E-state index is -4.55. The first-order chi connectivity index (χ1) is 23.5. The molecule has 0 bridgehead atoms. The Bertz CT molecular complexity index is 1750. The van der Waals surface area contributed by atoms with Crippen LogP contribution in [0.15, 0.2) is 103 Å². The molecule has 4 aromatic carbocycles. The SMILES string of the molecule is O=C(CNC(=O)[C@H](CCc1ccccc1)NC(=O)OCC1c2ccccc2-c2ccccc21)N[C@@H](Cc1ccc(C(F)(F)F)cc1)C(=O)O. The van der Waals surface area contributed by atoms with Crippen LogP contribution in [0.5, 0.6) is 0 Å². The van der Waals surface area contributed by atoms with Gasteiger partial charge in [-0.05, 0) is 58.4 Å². The number of halogens is 3. The molecule has 0 saturated heterocycles. The monoisotopic (exact) mass is 673 g/mol. The van der Waals surface area contributed by atoms with Crippen LogP contribution in [0.3, 0.4) is 0 Å². The molecule has 0 spiro atoms. The van der Waals surface area contributed by atoms with Crippen molar-refractivity contribution in [3.8, 4) is 11.1 Å². The first-order valence-electron chi connectivity index (χ1n) is 15.6. The molecule has 0 fully saturated rings. The average Bonchev–Trinajstić information content (AvgIpc) is 3.41. The number of alkyl halides is 3. The van der Waals surface area contributed by atoms with Crippen molar-refractivity contribution in [1.29, 1.82) is 0 Å². The van der Waals surface area contributed by atoms with Crippen LogP contribution in [-0.2, 0) is 38.1 Å². The number of aliphatic carboxylic acids is 1. The van der Waals surface area contributed by atoms with E-state index < -0.39 is 54.2 Å². The molecular formula is C37H34F3N3O6. The van der Waals surface area contributed by atoms with Crippen molar-refractivity contribution >= 4 is 23.9 Å². The van der Waals surface area contributed by atoms with Crippen LogP contribution in [0.25, 0.3) is 11.1 Å². The molecule has 1 aliphatic rings. The van der Waals surface area contributed by atoms with Crippen molar-refractivity contribution in [3.63, 3.8) is 0 Å². The number of hydrogen-bond donors (Lipinski definition) is 4. The number of alkyl carbamates (subject to hydrolysis) is 1. The number of ether oxygens (including phenoxy) is 1. The van der Waals surface area contributed by atoms with Gasteiger partial charge in [0.2, 0.25) is 11.8 Å². The van der Waals surface area contributed by atoms with Gasteiger partial charge in [0.05, 0.1) is 12.1 Å². The van der Waals surface area contributed by atoms with Crippen molar-refractivity contribution in [2.75, 3.05) is 13.2 Å². The molecule has 0 unspecified atom stereocenters. The molecule has 0 aliphatic heterocycles. The highest BCUT2D eigenvalue weighted by molar-refractivity contribution is 5.91. The zero-order valence-corrected chi connectivity index (χ0v) is 26.2. The van der Waals surface area contributed by atoms with Gasteiger partial charge >= 0.3 is 18.2 Å². The van der Waals surface area contributed by atoms with Crippen molar-refractivity contribution in [2.24, 2.45) is 0 Å². The second-order valence-corrected chi connectivity index (χ2v) is 11.6. The first kappa shape index (κ1) is 34.7. The third kappa shape index (κ3) is 9.04. The van der Waals surface area contributed by atoms with E-state index in [2.05, 4.69) is 16.0 Å². The molecule has 2 atom stereocenters. The molecule has 1 aliphatic carbocycles. The first-order valence-corrected chi connectivity index (χ1v) is 15.6. The smallest absolute Gasteiger partial charge is 0.416 e. The summed E-state index contributed by atoms with van der Waals surface area (Å²) < 4.78 is 44.3. The van der Waals surface area contributed by atoms with Crippen LogP contribution < -0.4 is 16.0 Å². The molecule has 5 rings (SSSR count). The van der Waals surface area contributed by atoms with Crippen LogP contribution in [-0.4, -0.2) is 54.2 Å². The number of hydrogen-bond acceptors (Lipinski definition) is 5. The maximum atomic E-state index is 13.2. The van der Waals surface area contributed by atoms with E-state index in [1.807, 2.05) is 78.9 Å². The molecule has 4 aromatic rings. The Morgan fingerprint density at radius 3 is 1.92 bits per heavy atom. The topological polar surface area (TPSA) is 134 Å². The van der Waals surface area contributed by atoms with E-state index >= 15 is 0 Å². The Kier molecular flexibility index (Phi) is 11.0. The average molecular weight is 674 g/mol. The Balaban J connectivity index is 1.19. The minimum absolute atomic E-state index is 0.0325. The molecule has 0 aromatic heterocycles. The van der Waals surface area contributed by atoms with Crippen molar-refractivity contribution in [1.82, 2.24) is 16.0 Å². The second kappa shape index (κ2) is 15.5. The Morgan fingerprint density at radius 1 is 0.735 bits per heavy atom. The summed E-state index contributed by atoms with van der Waals surface area (Å²) in [6.45, 7) is -0.575. The second-order valence-electron chi connectivity index (χ2n) is 11.6.